The summed E-state index contributed by atoms with van der Waals surface area (Å²) in [7, 11) is 0. The fourth-order valence-corrected chi connectivity index (χ4v) is 5.35. The molecule has 2 aliphatic rings. The second-order valence-corrected chi connectivity index (χ2v) is 10.4. The minimum atomic E-state index is -0.725. The van der Waals surface area contributed by atoms with E-state index < -0.39 is 12.0 Å². The minimum absolute atomic E-state index is 0.0587. The summed E-state index contributed by atoms with van der Waals surface area (Å²) in [6.45, 7) is 9.88. The molecule has 206 valence electrons. The van der Waals surface area contributed by atoms with Gasteiger partial charge >= 0.3 is 12.0 Å². The van der Waals surface area contributed by atoms with Crippen LogP contribution in [-0.2, 0) is 9.53 Å². The van der Waals surface area contributed by atoms with Crippen molar-refractivity contribution in [2.75, 3.05) is 39.3 Å². The van der Waals surface area contributed by atoms with E-state index in [0.717, 1.165) is 0 Å². The maximum Gasteiger partial charge on any atom is 0.338 e. The highest BCUT2D eigenvalue weighted by Crippen LogP contribution is 2.33. The zero-order valence-corrected chi connectivity index (χ0v) is 23.5. The second-order valence-electron chi connectivity index (χ2n) is 9.51. The number of esters is 1. The Morgan fingerprint density at radius 1 is 1.13 bits per heavy atom. The molecule has 0 saturated carbocycles. The average Bonchev–Trinajstić information content (AvgIpc) is 2.90. The largest absolute Gasteiger partial charge is 0.463 e. The van der Waals surface area contributed by atoms with Crippen LogP contribution in [0.2, 0.25) is 10.0 Å². The molecule has 0 spiro atoms. The van der Waals surface area contributed by atoms with Gasteiger partial charge in [-0.05, 0) is 55.8 Å². The van der Waals surface area contributed by atoms with Crippen molar-refractivity contribution < 1.29 is 19.1 Å². The summed E-state index contributed by atoms with van der Waals surface area (Å²) in [5, 5.41) is 4.02. The van der Waals surface area contributed by atoms with E-state index in [1.54, 1.807) is 55.5 Å². The summed E-state index contributed by atoms with van der Waals surface area (Å²) in [4.78, 5) is 45.3. The molecule has 1 fully saturated rings. The monoisotopic (exact) mass is 570 g/mol. The van der Waals surface area contributed by atoms with E-state index in [-0.39, 0.29) is 31.1 Å². The van der Waals surface area contributed by atoms with Crippen LogP contribution in [0.25, 0.3) is 0 Å². The zero-order chi connectivity index (χ0) is 28.1. The third-order valence-corrected chi connectivity index (χ3v) is 7.35. The van der Waals surface area contributed by atoms with Gasteiger partial charge in [0.05, 0.1) is 18.2 Å². The highest BCUT2D eigenvalue weighted by atomic mass is 35.5. The lowest BCUT2D eigenvalue weighted by Gasteiger charge is -2.43. The van der Waals surface area contributed by atoms with Gasteiger partial charge in [-0.2, -0.15) is 0 Å². The third-order valence-electron chi connectivity index (χ3n) is 6.86. The summed E-state index contributed by atoms with van der Waals surface area (Å²) in [5.74, 6) is -0.562. The molecule has 1 N–H and O–H groups in total. The van der Waals surface area contributed by atoms with Gasteiger partial charge < -0.3 is 15.0 Å². The first-order valence-corrected chi connectivity index (χ1v) is 13.6. The molecule has 0 unspecified atom stereocenters. The molecule has 8 nitrogen and oxygen atoms in total. The fraction of sp³-hybridized carbons (Fsp3) is 0.345. The number of nitrogens with zero attached hydrogens (tertiary/aromatic N) is 3. The quantitative estimate of drug-likeness (QED) is 0.360. The fourth-order valence-electron chi connectivity index (χ4n) is 5.03. The summed E-state index contributed by atoms with van der Waals surface area (Å²) >= 11 is 12.2. The van der Waals surface area contributed by atoms with Gasteiger partial charge in [-0.1, -0.05) is 41.4 Å². The number of hydrogen-bond acceptors (Lipinski definition) is 5. The molecular weight excluding hydrogens is 539 g/mol. The Morgan fingerprint density at radius 2 is 1.87 bits per heavy atom. The molecule has 2 aromatic carbocycles. The lowest BCUT2D eigenvalue weighted by molar-refractivity contribution is -0.139. The van der Waals surface area contributed by atoms with Crippen molar-refractivity contribution in [2.45, 2.75) is 25.9 Å². The molecule has 1 saturated heterocycles. The number of nitrogens with one attached hydrogen (secondary N) is 1. The Hall–Kier alpha value is -3.33. The van der Waals surface area contributed by atoms with Crippen molar-refractivity contribution in [3.05, 3.63) is 93.6 Å². The van der Waals surface area contributed by atoms with Gasteiger partial charge in [0.15, 0.2) is 0 Å². The van der Waals surface area contributed by atoms with Crippen LogP contribution in [0.5, 0.6) is 0 Å². The van der Waals surface area contributed by atoms with Gasteiger partial charge in [0.2, 0.25) is 0 Å². The smallest absolute Gasteiger partial charge is 0.338 e. The Bertz CT molecular complexity index is 1280. The van der Waals surface area contributed by atoms with E-state index in [1.807, 2.05) is 17.9 Å². The van der Waals surface area contributed by atoms with Crippen molar-refractivity contribution in [3.8, 4) is 0 Å². The Labute approximate surface area is 238 Å². The molecule has 0 aliphatic carbocycles. The van der Waals surface area contributed by atoms with Crippen LogP contribution in [0, 0.1) is 0 Å². The molecule has 2 aliphatic heterocycles. The molecule has 0 bridgehead atoms. The van der Waals surface area contributed by atoms with Crippen molar-refractivity contribution in [1.82, 2.24) is 20.0 Å². The summed E-state index contributed by atoms with van der Waals surface area (Å²) in [5.41, 5.74) is 2.17. The predicted octanol–water partition coefficient (Wildman–Crippen LogP) is 4.91. The lowest BCUT2D eigenvalue weighted by atomic mass is 9.94. The normalized spacial score (nSPS) is 20.1. The van der Waals surface area contributed by atoms with Gasteiger partial charge in [0.25, 0.3) is 5.91 Å². The number of ether oxygens (including phenoxy) is 1. The molecule has 0 radical (unpaired) electrons. The third kappa shape index (κ3) is 6.46. The number of halogens is 2. The molecule has 2 heterocycles. The van der Waals surface area contributed by atoms with Crippen LogP contribution < -0.4 is 5.32 Å². The van der Waals surface area contributed by atoms with Gasteiger partial charge in [-0.25, -0.2) is 9.59 Å². The zero-order valence-electron chi connectivity index (χ0n) is 22.0. The van der Waals surface area contributed by atoms with Crippen molar-refractivity contribution in [3.63, 3.8) is 0 Å². The van der Waals surface area contributed by atoms with Crippen LogP contribution in [0.15, 0.2) is 72.5 Å². The van der Waals surface area contributed by atoms with Crippen LogP contribution in [0.4, 0.5) is 4.79 Å². The standard InChI is InChI=1S/C29H32Cl2N4O4/c1-4-13-35-24(18-33-14-15-34(19(3)17-33)27(36)20-9-11-22(30)12-10-20)25(28(37)39-5-2)26(32-29(35)38)21-7-6-8-23(31)16-21/h4,6-12,16,19,26H,1,5,13-15,17-18H2,2-3H3,(H,32,38)/t19-,26+/m0/s1. The number of carbonyl (C=O) groups excluding carboxylic acids is 3. The van der Waals surface area contributed by atoms with Crippen molar-refractivity contribution >= 4 is 41.1 Å². The molecule has 2 aromatic rings. The van der Waals surface area contributed by atoms with E-state index in [1.165, 1.54) is 4.90 Å². The number of benzene rings is 2. The molecule has 10 heteroatoms. The van der Waals surface area contributed by atoms with Gasteiger partial charge in [-0.3, -0.25) is 14.6 Å². The number of piperazine rings is 1. The van der Waals surface area contributed by atoms with Crippen LogP contribution in [-0.4, -0.2) is 78.0 Å². The van der Waals surface area contributed by atoms with Gasteiger partial charge in [0.1, 0.15) is 0 Å². The van der Waals surface area contributed by atoms with E-state index >= 15 is 0 Å². The summed E-state index contributed by atoms with van der Waals surface area (Å²) < 4.78 is 5.46. The molecular formula is C29H32Cl2N4O4. The topological polar surface area (TPSA) is 82.2 Å². The second kappa shape index (κ2) is 12.7. The van der Waals surface area contributed by atoms with Crippen molar-refractivity contribution in [2.24, 2.45) is 0 Å². The van der Waals surface area contributed by atoms with E-state index in [2.05, 4.69) is 16.8 Å². The van der Waals surface area contributed by atoms with Crippen LogP contribution >= 0.6 is 23.2 Å². The van der Waals surface area contributed by atoms with Crippen LogP contribution in [0.3, 0.4) is 0 Å². The predicted molar refractivity (Wildman–Crippen MR) is 152 cm³/mol. The number of hydrogen-bond donors (Lipinski definition) is 1. The first-order chi connectivity index (χ1) is 18.7. The summed E-state index contributed by atoms with van der Waals surface area (Å²) in [6, 6.07) is 12.8. The van der Waals surface area contributed by atoms with E-state index in [9.17, 15) is 14.4 Å². The lowest BCUT2D eigenvalue weighted by Crippen LogP contribution is -2.56. The maximum absolute atomic E-state index is 13.4. The minimum Gasteiger partial charge on any atom is -0.463 e. The van der Waals surface area contributed by atoms with E-state index in [0.29, 0.717) is 58.6 Å². The number of carbonyl (C=O) groups is 3. The number of rotatable bonds is 8. The van der Waals surface area contributed by atoms with Gasteiger partial charge in [-0.15, -0.1) is 6.58 Å². The first-order valence-electron chi connectivity index (χ1n) is 12.9. The number of urea groups is 1. The SMILES string of the molecule is C=CCN1C(=O)N[C@H](c2cccc(Cl)c2)C(C(=O)OCC)=C1CN1CCN(C(=O)c2ccc(Cl)cc2)[C@@H](C)C1. The molecule has 2 atom stereocenters. The maximum atomic E-state index is 13.4. The van der Waals surface area contributed by atoms with Crippen molar-refractivity contribution in [1.29, 1.82) is 0 Å². The first kappa shape index (κ1) is 28.7. The Balaban J connectivity index is 1.65. The molecule has 39 heavy (non-hydrogen) atoms. The number of amides is 3. The molecule has 0 aromatic heterocycles. The average molecular weight is 572 g/mol. The van der Waals surface area contributed by atoms with E-state index in [4.69, 9.17) is 27.9 Å². The highest BCUT2D eigenvalue weighted by molar-refractivity contribution is 6.31. The Morgan fingerprint density at radius 3 is 2.51 bits per heavy atom. The Kier molecular flexibility index (Phi) is 9.32. The summed E-state index contributed by atoms with van der Waals surface area (Å²) in [6.07, 6.45) is 1.62. The van der Waals surface area contributed by atoms with Crippen LogP contribution in [0.1, 0.15) is 35.8 Å². The highest BCUT2D eigenvalue weighted by Gasteiger charge is 2.39. The van der Waals surface area contributed by atoms with Gasteiger partial charge in [0, 0.05) is 60.1 Å². The molecule has 3 amide bonds. The molecule has 4 rings (SSSR count).